The molecule has 4 rings (SSSR count). The van der Waals surface area contributed by atoms with Crippen LogP contribution in [0.2, 0.25) is 5.02 Å². The highest BCUT2D eigenvalue weighted by Gasteiger charge is 2.16. The van der Waals surface area contributed by atoms with Crippen molar-refractivity contribution in [2.45, 2.75) is 6.54 Å². The number of hydrogen-bond acceptors (Lipinski definition) is 3. The van der Waals surface area contributed by atoms with Crippen molar-refractivity contribution in [1.82, 2.24) is 14.1 Å². The number of rotatable bonds is 4. The van der Waals surface area contributed by atoms with E-state index in [4.69, 9.17) is 11.6 Å². The number of fused-ring (bicyclic) bond motifs is 1. The molecular formula is C21H16BrClN4O2. The lowest BCUT2D eigenvalue weighted by Gasteiger charge is -2.08. The van der Waals surface area contributed by atoms with E-state index in [0.29, 0.717) is 21.7 Å². The van der Waals surface area contributed by atoms with Crippen LogP contribution in [0.4, 0.5) is 5.69 Å². The van der Waals surface area contributed by atoms with Crippen LogP contribution in [0, 0.1) is 0 Å². The normalized spacial score (nSPS) is 11.0. The lowest BCUT2D eigenvalue weighted by atomic mass is 10.1. The van der Waals surface area contributed by atoms with Crippen LogP contribution < -0.4 is 10.9 Å². The van der Waals surface area contributed by atoms with Gasteiger partial charge in [-0.15, -0.1) is 0 Å². The van der Waals surface area contributed by atoms with Gasteiger partial charge in [-0.25, -0.2) is 4.98 Å². The lowest BCUT2D eigenvalue weighted by Crippen LogP contribution is -2.28. The fourth-order valence-corrected chi connectivity index (χ4v) is 3.54. The van der Waals surface area contributed by atoms with E-state index in [1.807, 2.05) is 30.5 Å². The van der Waals surface area contributed by atoms with E-state index in [-0.39, 0.29) is 18.0 Å². The van der Waals surface area contributed by atoms with Crippen molar-refractivity contribution in [3.63, 3.8) is 0 Å². The predicted octanol–water partition coefficient (Wildman–Crippen LogP) is 4.46. The first-order chi connectivity index (χ1) is 13.9. The molecule has 0 atom stereocenters. The first-order valence-electron chi connectivity index (χ1n) is 8.78. The number of hydrogen-bond donors (Lipinski definition) is 1. The van der Waals surface area contributed by atoms with Crippen LogP contribution in [0.25, 0.3) is 22.2 Å². The van der Waals surface area contributed by atoms with E-state index in [0.717, 1.165) is 15.6 Å². The summed E-state index contributed by atoms with van der Waals surface area (Å²) in [7, 11) is 1.79. The average molecular weight is 472 g/mol. The fraction of sp³-hybridized carbons (Fsp3) is 0.0952. The van der Waals surface area contributed by atoms with Gasteiger partial charge in [0, 0.05) is 34.0 Å². The molecule has 6 nitrogen and oxygen atoms in total. The second-order valence-corrected chi connectivity index (χ2v) is 7.94. The predicted molar refractivity (Wildman–Crippen MR) is 118 cm³/mol. The lowest BCUT2D eigenvalue weighted by molar-refractivity contribution is -0.116. The van der Waals surface area contributed by atoms with E-state index in [9.17, 15) is 9.59 Å². The molecule has 0 saturated carbocycles. The summed E-state index contributed by atoms with van der Waals surface area (Å²) in [5.74, 6) is -0.303. The number of anilines is 1. The van der Waals surface area contributed by atoms with Crippen molar-refractivity contribution < 1.29 is 4.79 Å². The van der Waals surface area contributed by atoms with Crippen LogP contribution in [0.1, 0.15) is 0 Å². The molecule has 0 radical (unpaired) electrons. The van der Waals surface area contributed by atoms with Gasteiger partial charge >= 0.3 is 0 Å². The molecule has 2 heterocycles. The monoisotopic (exact) mass is 470 g/mol. The first-order valence-corrected chi connectivity index (χ1v) is 9.95. The Balaban J connectivity index is 1.65. The molecule has 1 amide bonds. The molecule has 0 unspecified atom stereocenters. The highest BCUT2D eigenvalue weighted by Crippen LogP contribution is 2.28. The van der Waals surface area contributed by atoms with Gasteiger partial charge in [0.15, 0.2) is 0 Å². The Bertz CT molecular complexity index is 1260. The average Bonchev–Trinajstić information content (AvgIpc) is 3.03. The van der Waals surface area contributed by atoms with Crippen LogP contribution in [-0.2, 0) is 18.4 Å². The fourth-order valence-electron chi connectivity index (χ4n) is 3.15. The Morgan fingerprint density at radius 2 is 1.83 bits per heavy atom. The molecule has 1 N–H and O–H groups in total. The third-order valence-corrected chi connectivity index (χ3v) is 5.32. The van der Waals surface area contributed by atoms with Gasteiger partial charge in [0.25, 0.3) is 5.56 Å². The van der Waals surface area contributed by atoms with Crippen LogP contribution >= 0.6 is 27.5 Å². The summed E-state index contributed by atoms with van der Waals surface area (Å²) >= 11 is 9.32. The van der Waals surface area contributed by atoms with Gasteiger partial charge in [-0.2, -0.15) is 0 Å². The number of benzene rings is 2. The van der Waals surface area contributed by atoms with Crippen LogP contribution in [0.3, 0.4) is 0 Å². The molecule has 2 aromatic heterocycles. The van der Waals surface area contributed by atoms with Gasteiger partial charge in [0.2, 0.25) is 5.91 Å². The SMILES string of the molecule is Cn1cc(-c2ccc(Cl)cc2)c2ncn(CC(=O)Nc3ccc(Br)cc3)c(=O)c21. The molecule has 0 bridgehead atoms. The molecule has 0 aliphatic rings. The second-order valence-electron chi connectivity index (χ2n) is 6.59. The zero-order chi connectivity index (χ0) is 20.5. The van der Waals surface area contributed by atoms with Gasteiger partial charge < -0.3 is 9.88 Å². The summed E-state index contributed by atoms with van der Waals surface area (Å²) in [5, 5.41) is 3.42. The Morgan fingerprint density at radius 1 is 1.14 bits per heavy atom. The molecule has 4 aromatic rings. The molecule has 8 heteroatoms. The Labute approximate surface area is 179 Å². The van der Waals surface area contributed by atoms with Crippen molar-refractivity contribution in [3.8, 4) is 11.1 Å². The topological polar surface area (TPSA) is 68.9 Å². The number of nitrogens with one attached hydrogen (secondary N) is 1. The zero-order valence-corrected chi connectivity index (χ0v) is 17.7. The van der Waals surface area contributed by atoms with Crippen molar-refractivity contribution in [2.75, 3.05) is 5.32 Å². The Kier molecular flexibility index (Phi) is 5.25. The first kappa shape index (κ1) is 19.4. The molecule has 0 aliphatic heterocycles. The second kappa shape index (κ2) is 7.85. The number of carbonyl (C=O) groups is 1. The smallest absolute Gasteiger partial charge is 0.278 e. The molecule has 0 spiro atoms. The maximum Gasteiger partial charge on any atom is 0.278 e. The number of carbonyl (C=O) groups excluding carboxylic acids is 1. The molecule has 0 aliphatic carbocycles. The number of aromatic nitrogens is 3. The number of halogens is 2. The Hall–Kier alpha value is -2.90. The Morgan fingerprint density at radius 3 is 2.52 bits per heavy atom. The zero-order valence-electron chi connectivity index (χ0n) is 15.4. The molecule has 146 valence electrons. The van der Waals surface area contributed by atoms with Crippen molar-refractivity contribution in [3.05, 3.63) is 80.9 Å². The quantitative estimate of drug-likeness (QED) is 0.478. The summed E-state index contributed by atoms with van der Waals surface area (Å²) in [6.45, 7) is -0.126. The molecule has 29 heavy (non-hydrogen) atoms. The summed E-state index contributed by atoms with van der Waals surface area (Å²) in [5.41, 5.74) is 3.16. The number of nitrogens with zero attached hydrogens (tertiary/aromatic N) is 3. The highest BCUT2D eigenvalue weighted by molar-refractivity contribution is 9.10. The maximum atomic E-state index is 13.0. The van der Waals surface area contributed by atoms with Gasteiger partial charge in [0.05, 0.1) is 6.33 Å². The minimum atomic E-state index is -0.303. The number of aryl methyl sites for hydroxylation is 1. The van der Waals surface area contributed by atoms with E-state index >= 15 is 0 Å². The van der Waals surface area contributed by atoms with Gasteiger partial charge in [-0.3, -0.25) is 14.2 Å². The van der Waals surface area contributed by atoms with E-state index in [2.05, 4.69) is 26.2 Å². The van der Waals surface area contributed by atoms with Crippen LogP contribution in [0.15, 0.2) is 70.3 Å². The summed E-state index contributed by atoms with van der Waals surface area (Å²) < 4.78 is 3.96. The van der Waals surface area contributed by atoms with Crippen molar-refractivity contribution in [2.24, 2.45) is 7.05 Å². The maximum absolute atomic E-state index is 13.0. The van der Waals surface area contributed by atoms with Gasteiger partial charge in [-0.1, -0.05) is 39.7 Å². The molecular weight excluding hydrogens is 456 g/mol. The van der Waals surface area contributed by atoms with Crippen molar-refractivity contribution >= 4 is 50.2 Å². The van der Waals surface area contributed by atoms with Gasteiger partial charge in [0.1, 0.15) is 17.6 Å². The van der Waals surface area contributed by atoms with Crippen molar-refractivity contribution in [1.29, 1.82) is 0 Å². The molecule has 2 aromatic carbocycles. The third-order valence-electron chi connectivity index (χ3n) is 4.54. The summed E-state index contributed by atoms with van der Waals surface area (Å²) in [4.78, 5) is 29.8. The third kappa shape index (κ3) is 3.97. The standard InChI is InChI=1S/C21H16BrClN4O2/c1-26-10-17(13-2-6-15(23)7-3-13)19-20(26)21(29)27(12-24-19)11-18(28)25-16-8-4-14(22)5-9-16/h2-10,12H,11H2,1H3,(H,25,28). The van der Waals surface area contributed by atoms with E-state index in [1.54, 1.807) is 35.9 Å². The molecule has 0 fully saturated rings. The minimum Gasteiger partial charge on any atom is -0.344 e. The van der Waals surface area contributed by atoms with Crippen LogP contribution in [0.5, 0.6) is 0 Å². The number of amides is 1. The summed E-state index contributed by atoms with van der Waals surface area (Å²) in [6.07, 6.45) is 3.26. The summed E-state index contributed by atoms with van der Waals surface area (Å²) in [6, 6.07) is 14.6. The minimum absolute atomic E-state index is 0.126. The van der Waals surface area contributed by atoms with E-state index in [1.165, 1.54) is 10.9 Å². The molecule has 0 saturated heterocycles. The van der Waals surface area contributed by atoms with E-state index < -0.39 is 0 Å². The van der Waals surface area contributed by atoms with Crippen LogP contribution in [-0.4, -0.2) is 20.0 Å². The largest absolute Gasteiger partial charge is 0.344 e. The highest BCUT2D eigenvalue weighted by atomic mass is 79.9. The van der Waals surface area contributed by atoms with Gasteiger partial charge in [-0.05, 0) is 42.0 Å².